The summed E-state index contributed by atoms with van der Waals surface area (Å²) in [4.78, 5) is 0. The molecule has 0 aliphatic rings. The second kappa shape index (κ2) is 11.4. The molecular weight excluding hydrogens is 270 g/mol. The van der Waals surface area contributed by atoms with Crippen LogP contribution in [-0.4, -0.2) is 47.2 Å². The van der Waals surface area contributed by atoms with Crippen LogP contribution in [0.4, 0.5) is 0 Å². The van der Waals surface area contributed by atoms with Gasteiger partial charge in [0.25, 0.3) is 0 Å². The van der Waals surface area contributed by atoms with Gasteiger partial charge in [0.1, 0.15) is 6.61 Å². The van der Waals surface area contributed by atoms with Crippen molar-refractivity contribution in [2.75, 3.05) is 47.2 Å². The van der Waals surface area contributed by atoms with Gasteiger partial charge in [-0.1, -0.05) is 13.0 Å². The number of hydrogen-bond donors (Lipinski definition) is 1. The highest BCUT2D eigenvalue weighted by Gasteiger charge is 2.05. The van der Waals surface area contributed by atoms with Gasteiger partial charge < -0.3 is 24.3 Å². The Hall–Kier alpha value is -1.30. The average molecular weight is 297 g/mol. The number of methoxy groups -OCH3 is 2. The van der Waals surface area contributed by atoms with E-state index >= 15 is 0 Å². The number of rotatable bonds is 12. The molecule has 0 aliphatic heterocycles. The van der Waals surface area contributed by atoms with Gasteiger partial charge in [-0.3, -0.25) is 0 Å². The molecule has 0 spiro atoms. The van der Waals surface area contributed by atoms with E-state index < -0.39 is 0 Å². The fourth-order valence-electron chi connectivity index (χ4n) is 1.81. The molecule has 5 heteroatoms. The van der Waals surface area contributed by atoms with Gasteiger partial charge in [-0.2, -0.15) is 0 Å². The maximum absolute atomic E-state index is 5.74. The number of ether oxygens (including phenoxy) is 4. The van der Waals surface area contributed by atoms with Crippen LogP contribution in [0.1, 0.15) is 18.9 Å². The Bertz CT molecular complexity index is 385. The lowest BCUT2D eigenvalue weighted by Crippen LogP contribution is -2.14. The Balaban J connectivity index is 2.43. The van der Waals surface area contributed by atoms with E-state index in [0.29, 0.717) is 26.4 Å². The first-order valence-electron chi connectivity index (χ1n) is 7.39. The van der Waals surface area contributed by atoms with Crippen LogP contribution in [0.5, 0.6) is 11.5 Å². The first-order valence-corrected chi connectivity index (χ1v) is 7.39. The largest absolute Gasteiger partial charge is 0.493 e. The SMILES string of the molecule is CCCNCc1ccc(OC)c(OCCOCCOC)c1. The minimum Gasteiger partial charge on any atom is -0.493 e. The normalized spacial score (nSPS) is 10.6. The second-order valence-corrected chi connectivity index (χ2v) is 4.62. The van der Waals surface area contributed by atoms with E-state index in [1.165, 1.54) is 5.56 Å². The van der Waals surface area contributed by atoms with Gasteiger partial charge in [0, 0.05) is 13.7 Å². The average Bonchev–Trinajstić information content (AvgIpc) is 2.51. The van der Waals surface area contributed by atoms with Crippen LogP contribution in [0.3, 0.4) is 0 Å². The van der Waals surface area contributed by atoms with Crippen molar-refractivity contribution in [3.8, 4) is 11.5 Å². The van der Waals surface area contributed by atoms with E-state index in [9.17, 15) is 0 Å². The third-order valence-electron chi connectivity index (χ3n) is 2.90. The summed E-state index contributed by atoms with van der Waals surface area (Å²) >= 11 is 0. The minimum atomic E-state index is 0.492. The van der Waals surface area contributed by atoms with E-state index in [0.717, 1.165) is 31.0 Å². The molecule has 0 aliphatic carbocycles. The van der Waals surface area contributed by atoms with Crippen molar-refractivity contribution in [2.24, 2.45) is 0 Å². The summed E-state index contributed by atoms with van der Waals surface area (Å²) in [6.07, 6.45) is 1.12. The molecule has 0 bridgehead atoms. The van der Waals surface area contributed by atoms with Crippen molar-refractivity contribution in [1.29, 1.82) is 0 Å². The Morgan fingerprint density at radius 2 is 1.81 bits per heavy atom. The molecule has 0 heterocycles. The highest BCUT2D eigenvalue weighted by Crippen LogP contribution is 2.28. The molecule has 1 rings (SSSR count). The van der Waals surface area contributed by atoms with E-state index in [-0.39, 0.29) is 0 Å². The summed E-state index contributed by atoms with van der Waals surface area (Å²) in [5.41, 5.74) is 1.18. The lowest BCUT2D eigenvalue weighted by atomic mass is 10.2. The topological polar surface area (TPSA) is 49.0 Å². The van der Waals surface area contributed by atoms with Crippen LogP contribution in [0.15, 0.2) is 18.2 Å². The molecular formula is C16H27NO4. The number of hydrogen-bond acceptors (Lipinski definition) is 5. The number of nitrogens with one attached hydrogen (secondary N) is 1. The van der Waals surface area contributed by atoms with E-state index in [2.05, 4.69) is 12.2 Å². The molecule has 5 nitrogen and oxygen atoms in total. The summed E-state index contributed by atoms with van der Waals surface area (Å²) in [5.74, 6) is 1.50. The molecule has 0 aromatic heterocycles. The summed E-state index contributed by atoms with van der Waals surface area (Å²) < 4.78 is 21.3. The third-order valence-corrected chi connectivity index (χ3v) is 2.90. The van der Waals surface area contributed by atoms with Crippen molar-refractivity contribution < 1.29 is 18.9 Å². The molecule has 0 fully saturated rings. The van der Waals surface area contributed by atoms with Crippen LogP contribution in [0, 0.1) is 0 Å². The molecule has 0 saturated carbocycles. The molecule has 0 amide bonds. The summed E-state index contributed by atoms with van der Waals surface area (Å²) in [6, 6.07) is 5.99. The predicted molar refractivity (Wildman–Crippen MR) is 83.2 cm³/mol. The van der Waals surface area contributed by atoms with Gasteiger partial charge in [-0.25, -0.2) is 0 Å². The molecule has 1 aromatic rings. The molecule has 1 N–H and O–H groups in total. The molecule has 1 aromatic carbocycles. The summed E-state index contributed by atoms with van der Waals surface area (Å²) in [5, 5.41) is 3.37. The molecule has 120 valence electrons. The Morgan fingerprint density at radius 3 is 2.52 bits per heavy atom. The van der Waals surface area contributed by atoms with E-state index in [1.54, 1.807) is 14.2 Å². The third kappa shape index (κ3) is 7.32. The predicted octanol–water partition coefficient (Wildman–Crippen LogP) is 2.24. The molecule has 0 radical (unpaired) electrons. The van der Waals surface area contributed by atoms with Crippen LogP contribution < -0.4 is 14.8 Å². The van der Waals surface area contributed by atoms with Crippen molar-refractivity contribution >= 4 is 0 Å². The smallest absolute Gasteiger partial charge is 0.161 e. The first-order chi connectivity index (χ1) is 10.3. The van der Waals surface area contributed by atoms with E-state index in [1.807, 2.05) is 18.2 Å². The fourth-order valence-corrected chi connectivity index (χ4v) is 1.81. The zero-order valence-electron chi connectivity index (χ0n) is 13.3. The quantitative estimate of drug-likeness (QED) is 0.600. The van der Waals surface area contributed by atoms with Gasteiger partial charge in [0.05, 0.1) is 26.9 Å². The van der Waals surface area contributed by atoms with E-state index in [4.69, 9.17) is 18.9 Å². The van der Waals surface area contributed by atoms with Crippen LogP contribution in [0.2, 0.25) is 0 Å². The maximum Gasteiger partial charge on any atom is 0.161 e. The Labute approximate surface area is 127 Å². The monoisotopic (exact) mass is 297 g/mol. The summed E-state index contributed by atoms with van der Waals surface area (Å²) in [6.45, 7) is 6.20. The van der Waals surface area contributed by atoms with Crippen LogP contribution in [-0.2, 0) is 16.0 Å². The van der Waals surface area contributed by atoms with Crippen molar-refractivity contribution in [2.45, 2.75) is 19.9 Å². The van der Waals surface area contributed by atoms with Gasteiger partial charge in [-0.15, -0.1) is 0 Å². The maximum atomic E-state index is 5.74. The lowest BCUT2D eigenvalue weighted by molar-refractivity contribution is 0.0540. The Kier molecular flexibility index (Phi) is 9.61. The zero-order chi connectivity index (χ0) is 15.3. The van der Waals surface area contributed by atoms with Gasteiger partial charge in [-0.05, 0) is 30.7 Å². The van der Waals surface area contributed by atoms with Gasteiger partial charge in [0.15, 0.2) is 11.5 Å². The molecule has 0 unspecified atom stereocenters. The van der Waals surface area contributed by atoms with Gasteiger partial charge >= 0.3 is 0 Å². The first kappa shape index (κ1) is 17.8. The van der Waals surface area contributed by atoms with Crippen molar-refractivity contribution in [1.82, 2.24) is 5.32 Å². The zero-order valence-corrected chi connectivity index (χ0v) is 13.3. The fraction of sp³-hybridized carbons (Fsp3) is 0.625. The summed E-state index contributed by atoms with van der Waals surface area (Å²) in [7, 11) is 3.30. The lowest BCUT2D eigenvalue weighted by Gasteiger charge is -2.13. The molecule has 0 saturated heterocycles. The van der Waals surface area contributed by atoms with Crippen LogP contribution >= 0.6 is 0 Å². The Morgan fingerprint density at radius 1 is 1.00 bits per heavy atom. The molecule has 21 heavy (non-hydrogen) atoms. The van der Waals surface area contributed by atoms with Crippen molar-refractivity contribution in [3.05, 3.63) is 23.8 Å². The minimum absolute atomic E-state index is 0.492. The molecule has 0 atom stereocenters. The highest BCUT2D eigenvalue weighted by molar-refractivity contribution is 5.42. The van der Waals surface area contributed by atoms with Crippen LogP contribution in [0.25, 0.3) is 0 Å². The standard InChI is InChI=1S/C16H27NO4/c1-4-7-17-13-14-5-6-15(19-3)16(12-14)21-11-10-20-9-8-18-2/h5-6,12,17H,4,7-11,13H2,1-3H3. The highest BCUT2D eigenvalue weighted by atomic mass is 16.5. The van der Waals surface area contributed by atoms with Gasteiger partial charge in [0.2, 0.25) is 0 Å². The van der Waals surface area contributed by atoms with Crippen molar-refractivity contribution in [3.63, 3.8) is 0 Å². The second-order valence-electron chi connectivity index (χ2n) is 4.62. The number of benzene rings is 1.